The number of amides is 11. The highest BCUT2D eigenvalue weighted by Gasteiger charge is 2.46. The van der Waals surface area contributed by atoms with Crippen LogP contribution < -0.4 is 21.3 Å². The maximum atomic E-state index is 15.1. The van der Waals surface area contributed by atoms with Gasteiger partial charge < -0.3 is 70.9 Å². The Morgan fingerprint density at radius 1 is 0.506 bits per heavy atom. The van der Waals surface area contributed by atoms with Gasteiger partial charge in [-0.2, -0.15) is 0 Å². The average Bonchev–Trinajstić information content (AvgIpc) is 2.29. The van der Waals surface area contributed by atoms with Gasteiger partial charge in [0.2, 0.25) is 65.0 Å². The molecule has 25 nitrogen and oxygen atoms in total. The number of aliphatic hydroxyl groups is 3. The van der Waals surface area contributed by atoms with Gasteiger partial charge in [-0.15, -0.1) is 0 Å². The lowest BCUT2D eigenvalue weighted by Crippen LogP contribution is -2.63. The van der Waals surface area contributed by atoms with Gasteiger partial charge in [-0.3, -0.25) is 52.7 Å². The van der Waals surface area contributed by atoms with Crippen molar-refractivity contribution in [3.05, 3.63) is 12.2 Å². The maximum absolute atomic E-state index is 15.1. The zero-order valence-electron chi connectivity index (χ0n) is 56.8. The summed E-state index contributed by atoms with van der Waals surface area (Å²) in [5, 5.41) is 45.1. The SMILES string of the molecule is CC=CCC(C)C(O)C1C(=O)NC(CC)C(=O)N(C)CC(=O)N(C)C(CC(C)(C)O)C(=O)NC(C(C)C)C(=O)N(C)C(CC(C)C)C(=O)NC(C)C(=O)NC(C)C(=O)N(C)C(CC(C)(C)O)C(=O)N(C)C(CC(C)C)C(=O)N(C)C(C(C)C)C(=O)N1C. The van der Waals surface area contributed by atoms with Crippen LogP contribution in [0.1, 0.15) is 156 Å². The van der Waals surface area contributed by atoms with Gasteiger partial charge >= 0.3 is 0 Å². The third-order valence-electron chi connectivity index (χ3n) is 16.1. The van der Waals surface area contributed by atoms with E-state index in [1.807, 2.05) is 27.7 Å². The number of likely N-dealkylation sites (N-methyl/N-ethyl adjacent to an activating group) is 7. The Morgan fingerprint density at radius 2 is 0.954 bits per heavy atom. The fourth-order valence-corrected chi connectivity index (χ4v) is 10.7. The molecule has 0 aromatic heterocycles. The lowest BCUT2D eigenvalue weighted by Gasteiger charge is -2.42. The minimum Gasteiger partial charge on any atom is -0.390 e. The Hall–Kier alpha value is -6.21. The van der Waals surface area contributed by atoms with E-state index >= 15 is 9.59 Å². The van der Waals surface area contributed by atoms with Crippen LogP contribution in [-0.2, 0) is 52.7 Å². The molecule has 11 amide bonds. The molecule has 498 valence electrons. The van der Waals surface area contributed by atoms with Crippen LogP contribution in [0.4, 0.5) is 0 Å². The molecule has 12 atom stereocenters. The van der Waals surface area contributed by atoms with Gasteiger partial charge in [-0.05, 0) is 104 Å². The molecule has 7 N–H and O–H groups in total. The maximum Gasteiger partial charge on any atom is 0.246 e. The quantitative estimate of drug-likeness (QED) is 0.114. The first-order valence-corrected chi connectivity index (χ1v) is 30.6. The lowest BCUT2D eigenvalue weighted by molar-refractivity contribution is -0.158. The van der Waals surface area contributed by atoms with Crippen LogP contribution in [0.15, 0.2) is 12.2 Å². The molecule has 25 heteroatoms. The van der Waals surface area contributed by atoms with Crippen molar-refractivity contribution in [2.75, 3.05) is 55.9 Å². The monoisotopic (exact) mass is 1230 g/mol. The molecule has 0 aromatic carbocycles. The number of hydrogen-bond donors (Lipinski definition) is 7. The van der Waals surface area contributed by atoms with E-state index in [0.29, 0.717) is 0 Å². The number of carbonyl (C=O) groups excluding carboxylic acids is 11. The molecule has 0 aromatic rings. The van der Waals surface area contributed by atoms with Crippen molar-refractivity contribution < 1.29 is 68.1 Å². The van der Waals surface area contributed by atoms with Crippen LogP contribution in [0.2, 0.25) is 0 Å². The number of hydrogen-bond acceptors (Lipinski definition) is 14. The fourth-order valence-electron chi connectivity index (χ4n) is 10.7. The summed E-state index contributed by atoms with van der Waals surface area (Å²) in [4.78, 5) is 168. The van der Waals surface area contributed by atoms with Crippen LogP contribution in [0.5, 0.6) is 0 Å². The first kappa shape index (κ1) is 78.8. The Balaban J connectivity index is 4.39. The fraction of sp³-hybridized carbons (Fsp3) is 0.790. The second kappa shape index (κ2) is 33.9. The summed E-state index contributed by atoms with van der Waals surface area (Å²) in [5.41, 5.74) is -3.13. The van der Waals surface area contributed by atoms with Crippen molar-refractivity contribution >= 4 is 65.0 Å². The second-order valence-electron chi connectivity index (χ2n) is 26.9. The van der Waals surface area contributed by atoms with E-state index in [1.54, 1.807) is 60.6 Å². The molecule has 0 aliphatic carbocycles. The van der Waals surface area contributed by atoms with Crippen molar-refractivity contribution in [1.29, 1.82) is 0 Å². The van der Waals surface area contributed by atoms with Crippen molar-refractivity contribution in [3.8, 4) is 0 Å². The first-order chi connectivity index (χ1) is 39.8. The van der Waals surface area contributed by atoms with Gasteiger partial charge in [0.25, 0.3) is 0 Å². The summed E-state index contributed by atoms with van der Waals surface area (Å²) in [6, 6.07) is -13.6. The number of nitrogens with one attached hydrogen (secondary N) is 4. The molecule has 1 heterocycles. The van der Waals surface area contributed by atoms with Gasteiger partial charge in [0.1, 0.15) is 60.4 Å². The smallest absolute Gasteiger partial charge is 0.246 e. The number of aliphatic hydroxyl groups excluding tert-OH is 1. The summed E-state index contributed by atoms with van der Waals surface area (Å²) in [7, 11) is 9.39. The topological polar surface area (TPSA) is 319 Å². The molecule has 1 aliphatic rings. The Morgan fingerprint density at radius 3 is 1.43 bits per heavy atom. The Bertz CT molecular complexity index is 2420. The van der Waals surface area contributed by atoms with Gasteiger partial charge in [0, 0.05) is 62.2 Å². The summed E-state index contributed by atoms with van der Waals surface area (Å²) in [6.45, 7) is 26.9. The Kier molecular flexibility index (Phi) is 30.8. The predicted octanol–water partition coefficient (Wildman–Crippen LogP) is 1.50. The van der Waals surface area contributed by atoms with E-state index in [1.165, 1.54) is 106 Å². The molecule has 0 spiro atoms. The van der Waals surface area contributed by atoms with Crippen molar-refractivity contribution in [2.24, 2.45) is 29.6 Å². The highest BCUT2D eigenvalue weighted by molar-refractivity contribution is 5.99. The molecule has 1 rings (SSSR count). The van der Waals surface area contributed by atoms with E-state index in [0.717, 1.165) is 19.6 Å². The number of carbonyl (C=O) groups is 11. The van der Waals surface area contributed by atoms with Crippen LogP contribution >= 0.6 is 0 Å². The lowest BCUT2D eigenvalue weighted by atomic mass is 9.91. The minimum atomic E-state index is -1.66. The molecule has 1 fully saturated rings. The highest BCUT2D eigenvalue weighted by Crippen LogP contribution is 2.26. The van der Waals surface area contributed by atoms with Crippen molar-refractivity contribution in [3.63, 3.8) is 0 Å². The minimum absolute atomic E-state index is 0.0287. The first-order valence-electron chi connectivity index (χ1n) is 30.6. The molecule has 0 radical (unpaired) electrons. The van der Waals surface area contributed by atoms with Gasteiger partial charge in [-0.1, -0.05) is 81.4 Å². The van der Waals surface area contributed by atoms with Crippen LogP contribution in [-0.4, -0.2) is 248 Å². The predicted molar refractivity (Wildman–Crippen MR) is 331 cm³/mol. The van der Waals surface area contributed by atoms with Gasteiger partial charge in [0.15, 0.2) is 0 Å². The number of rotatable bonds is 15. The molecule has 0 saturated carbocycles. The molecular weight excluding hydrogens is 1120 g/mol. The number of allylic oxidation sites excluding steroid dienone is 2. The van der Waals surface area contributed by atoms with Crippen LogP contribution in [0, 0.1) is 29.6 Å². The zero-order valence-corrected chi connectivity index (χ0v) is 56.8. The summed E-state index contributed by atoms with van der Waals surface area (Å²) in [6.07, 6.45) is 1.74. The van der Waals surface area contributed by atoms with Crippen molar-refractivity contribution in [1.82, 2.24) is 55.6 Å². The molecular formula is C62H111N11O14. The molecule has 1 aliphatic heterocycles. The van der Waals surface area contributed by atoms with Crippen molar-refractivity contribution in [2.45, 2.75) is 234 Å². The standard InChI is InChI=1S/C62H111N11O14/c1-25-27-28-38(11)50(75)49-54(79)65-41(26-2)56(81)67(18)33-46(74)68(19)44(31-61(14,15)86)53(78)66-47(36(7)8)59(84)69(20)42(29-34(3)4)52(77)63-39(12)51(76)64-40(13)55(80)71(22)45(32-62(16,17)87)58(83)70(21)43(30-35(5)6)57(82)72(23)48(37(9)10)60(85)73(49)24/h25,27,34-45,47-50,75,86-87H,26,28-33H2,1-24H3,(H,63,77)(H,64,76)(H,65,79)(H,66,78). The summed E-state index contributed by atoms with van der Waals surface area (Å²) in [5.74, 6) is -10.8. The summed E-state index contributed by atoms with van der Waals surface area (Å²) >= 11 is 0. The summed E-state index contributed by atoms with van der Waals surface area (Å²) < 4.78 is 0. The largest absolute Gasteiger partial charge is 0.390 e. The molecule has 0 bridgehead atoms. The highest BCUT2D eigenvalue weighted by atomic mass is 16.3. The second-order valence-corrected chi connectivity index (χ2v) is 26.9. The third-order valence-corrected chi connectivity index (χ3v) is 16.1. The van der Waals surface area contributed by atoms with Crippen LogP contribution in [0.3, 0.4) is 0 Å². The van der Waals surface area contributed by atoms with E-state index in [-0.39, 0.29) is 50.4 Å². The van der Waals surface area contributed by atoms with E-state index < -0.39 is 167 Å². The van der Waals surface area contributed by atoms with Gasteiger partial charge in [0.05, 0.1) is 23.9 Å². The van der Waals surface area contributed by atoms with E-state index in [4.69, 9.17) is 0 Å². The zero-order chi connectivity index (χ0) is 67.8. The molecule has 87 heavy (non-hydrogen) atoms. The van der Waals surface area contributed by atoms with Crippen LogP contribution in [0.25, 0.3) is 0 Å². The normalized spacial score (nSPS) is 26.8. The Labute approximate surface area is 518 Å². The molecule has 1 saturated heterocycles. The van der Waals surface area contributed by atoms with E-state index in [9.17, 15) is 58.5 Å². The average molecular weight is 1230 g/mol. The molecule has 12 unspecified atom stereocenters. The third kappa shape index (κ3) is 22.7. The van der Waals surface area contributed by atoms with E-state index in [2.05, 4.69) is 21.3 Å². The van der Waals surface area contributed by atoms with Gasteiger partial charge in [-0.25, -0.2) is 0 Å². The number of nitrogens with zero attached hydrogens (tertiary/aromatic N) is 7.